The first-order valence-corrected chi connectivity index (χ1v) is 7.93. The van der Waals surface area contributed by atoms with Crippen molar-refractivity contribution in [1.82, 2.24) is 10.3 Å². The molecule has 2 aromatic heterocycles. The normalized spacial score (nSPS) is 12.3. The fourth-order valence-corrected chi connectivity index (χ4v) is 2.94. The highest BCUT2D eigenvalue weighted by Gasteiger charge is 2.14. The summed E-state index contributed by atoms with van der Waals surface area (Å²) in [4.78, 5) is 18.1. The second-order valence-electron chi connectivity index (χ2n) is 5.11. The van der Waals surface area contributed by atoms with Gasteiger partial charge in [0, 0.05) is 11.9 Å². The molecule has 112 valence electrons. The summed E-state index contributed by atoms with van der Waals surface area (Å²) in [6, 6.07) is 13.3. The van der Waals surface area contributed by atoms with Crippen molar-refractivity contribution in [2.75, 3.05) is 6.54 Å². The van der Waals surface area contributed by atoms with Gasteiger partial charge in [0.25, 0.3) is 5.91 Å². The number of carbonyl (C=O) groups is 1. The average Bonchev–Trinajstić information content (AvgIpc) is 3.06. The van der Waals surface area contributed by atoms with Crippen LogP contribution in [0.2, 0.25) is 0 Å². The molecule has 0 aliphatic rings. The molecule has 0 radical (unpaired) electrons. The van der Waals surface area contributed by atoms with E-state index in [1.165, 1.54) is 0 Å². The Bertz CT molecular complexity index is 798. The number of carbonyl (C=O) groups excluding carboxylic acids is 1. The molecule has 1 unspecified atom stereocenters. The van der Waals surface area contributed by atoms with E-state index in [1.807, 2.05) is 47.8 Å². The molecule has 0 saturated heterocycles. The maximum absolute atomic E-state index is 12.4. The first-order valence-electron chi connectivity index (χ1n) is 7.05. The molecule has 1 amide bonds. The van der Waals surface area contributed by atoms with Crippen LogP contribution in [-0.4, -0.2) is 28.6 Å². The van der Waals surface area contributed by atoms with Gasteiger partial charge in [0.1, 0.15) is 0 Å². The smallest absolute Gasteiger partial charge is 0.252 e. The molecule has 22 heavy (non-hydrogen) atoms. The number of rotatable bonds is 4. The van der Waals surface area contributed by atoms with Crippen LogP contribution in [0, 0.1) is 0 Å². The maximum atomic E-state index is 12.4. The van der Waals surface area contributed by atoms with E-state index in [4.69, 9.17) is 0 Å². The summed E-state index contributed by atoms with van der Waals surface area (Å²) in [6.07, 6.45) is -0.575. The molecular formula is C17H16N2O2S. The van der Waals surface area contributed by atoms with Crippen molar-refractivity contribution in [3.63, 3.8) is 0 Å². The van der Waals surface area contributed by atoms with Crippen LogP contribution in [0.4, 0.5) is 0 Å². The highest BCUT2D eigenvalue weighted by atomic mass is 32.1. The summed E-state index contributed by atoms with van der Waals surface area (Å²) in [6.45, 7) is 1.87. The van der Waals surface area contributed by atoms with Crippen molar-refractivity contribution in [1.29, 1.82) is 0 Å². The summed E-state index contributed by atoms with van der Waals surface area (Å²) in [7, 11) is 0. The van der Waals surface area contributed by atoms with E-state index in [2.05, 4.69) is 10.3 Å². The van der Waals surface area contributed by atoms with E-state index in [-0.39, 0.29) is 12.5 Å². The van der Waals surface area contributed by atoms with Gasteiger partial charge in [-0.3, -0.25) is 4.79 Å². The zero-order chi connectivity index (χ0) is 15.5. The zero-order valence-electron chi connectivity index (χ0n) is 12.1. The van der Waals surface area contributed by atoms with Gasteiger partial charge in [-0.25, -0.2) is 4.98 Å². The third-order valence-corrected chi connectivity index (χ3v) is 4.18. The largest absolute Gasteiger partial charge is 0.392 e. The van der Waals surface area contributed by atoms with E-state index in [0.29, 0.717) is 5.56 Å². The van der Waals surface area contributed by atoms with E-state index < -0.39 is 6.10 Å². The summed E-state index contributed by atoms with van der Waals surface area (Å²) in [5.41, 5.74) is 2.15. The molecule has 4 nitrogen and oxygen atoms in total. The Morgan fingerprint density at radius 2 is 2.14 bits per heavy atom. The van der Waals surface area contributed by atoms with Crippen molar-refractivity contribution in [3.05, 3.63) is 53.4 Å². The second-order valence-corrected chi connectivity index (χ2v) is 6.06. The first-order chi connectivity index (χ1) is 10.6. The minimum absolute atomic E-state index is 0.197. The Kier molecular flexibility index (Phi) is 4.18. The van der Waals surface area contributed by atoms with Crippen LogP contribution in [0.25, 0.3) is 21.5 Å². The van der Waals surface area contributed by atoms with Gasteiger partial charge in [-0.15, -0.1) is 11.3 Å². The molecule has 2 heterocycles. The van der Waals surface area contributed by atoms with Crippen LogP contribution in [0.1, 0.15) is 17.3 Å². The standard InChI is InChI=1S/C17H16N2O2S/c1-11(20)10-18-17(21)13-9-15(16-7-4-8-22-16)19-14-6-3-2-5-12(13)14/h2-9,11,20H,10H2,1H3,(H,18,21). The third kappa shape index (κ3) is 3.00. The summed E-state index contributed by atoms with van der Waals surface area (Å²) in [5, 5.41) is 14.9. The van der Waals surface area contributed by atoms with Crippen molar-refractivity contribution >= 4 is 28.1 Å². The molecule has 0 fully saturated rings. The Hall–Kier alpha value is -2.24. The topological polar surface area (TPSA) is 62.2 Å². The third-order valence-electron chi connectivity index (χ3n) is 3.29. The average molecular weight is 312 g/mol. The van der Waals surface area contributed by atoms with Crippen LogP contribution >= 0.6 is 11.3 Å². The van der Waals surface area contributed by atoms with Crippen LogP contribution in [0.5, 0.6) is 0 Å². The zero-order valence-corrected chi connectivity index (χ0v) is 12.9. The van der Waals surface area contributed by atoms with E-state index in [0.717, 1.165) is 21.5 Å². The van der Waals surface area contributed by atoms with Crippen molar-refractivity contribution in [2.24, 2.45) is 0 Å². The number of aliphatic hydroxyl groups excluding tert-OH is 1. The van der Waals surface area contributed by atoms with Gasteiger partial charge in [-0.1, -0.05) is 24.3 Å². The number of aliphatic hydroxyl groups is 1. The van der Waals surface area contributed by atoms with Crippen molar-refractivity contribution < 1.29 is 9.90 Å². The van der Waals surface area contributed by atoms with Gasteiger partial charge >= 0.3 is 0 Å². The summed E-state index contributed by atoms with van der Waals surface area (Å²) in [5.74, 6) is -0.197. The monoisotopic (exact) mass is 312 g/mol. The molecule has 0 aliphatic carbocycles. The molecule has 0 bridgehead atoms. The number of thiophene rings is 1. The van der Waals surface area contributed by atoms with Crippen LogP contribution in [0.15, 0.2) is 47.8 Å². The molecular weight excluding hydrogens is 296 g/mol. The van der Waals surface area contributed by atoms with Gasteiger partial charge in [0.05, 0.1) is 27.8 Å². The van der Waals surface area contributed by atoms with Crippen LogP contribution < -0.4 is 5.32 Å². The number of pyridine rings is 1. The molecule has 1 atom stereocenters. The number of nitrogens with one attached hydrogen (secondary N) is 1. The Morgan fingerprint density at radius 3 is 2.86 bits per heavy atom. The number of fused-ring (bicyclic) bond motifs is 1. The minimum atomic E-state index is -0.575. The lowest BCUT2D eigenvalue weighted by Gasteiger charge is -2.11. The van der Waals surface area contributed by atoms with Crippen molar-refractivity contribution in [2.45, 2.75) is 13.0 Å². The molecule has 1 aromatic carbocycles. The van der Waals surface area contributed by atoms with Crippen LogP contribution in [-0.2, 0) is 0 Å². The Balaban J connectivity index is 2.08. The van der Waals surface area contributed by atoms with Crippen LogP contribution in [0.3, 0.4) is 0 Å². The number of aromatic nitrogens is 1. The lowest BCUT2D eigenvalue weighted by atomic mass is 10.1. The summed E-state index contributed by atoms with van der Waals surface area (Å²) >= 11 is 1.59. The second kappa shape index (κ2) is 6.25. The minimum Gasteiger partial charge on any atom is -0.392 e. The van der Waals surface area contributed by atoms with Gasteiger partial charge in [-0.2, -0.15) is 0 Å². The lowest BCUT2D eigenvalue weighted by molar-refractivity contribution is 0.0925. The van der Waals surface area contributed by atoms with Gasteiger partial charge < -0.3 is 10.4 Å². The molecule has 0 saturated carbocycles. The number of hydrogen-bond acceptors (Lipinski definition) is 4. The number of hydrogen-bond donors (Lipinski definition) is 2. The van der Waals surface area contributed by atoms with E-state index in [9.17, 15) is 9.90 Å². The maximum Gasteiger partial charge on any atom is 0.252 e. The highest BCUT2D eigenvalue weighted by Crippen LogP contribution is 2.27. The summed E-state index contributed by atoms with van der Waals surface area (Å²) < 4.78 is 0. The Morgan fingerprint density at radius 1 is 1.32 bits per heavy atom. The Labute approximate surface area is 132 Å². The molecule has 3 aromatic rings. The molecule has 3 rings (SSSR count). The quantitative estimate of drug-likeness (QED) is 0.778. The molecule has 2 N–H and O–H groups in total. The van der Waals surface area contributed by atoms with E-state index in [1.54, 1.807) is 18.3 Å². The fraction of sp³-hybridized carbons (Fsp3) is 0.176. The number of benzene rings is 1. The number of nitrogens with zero attached hydrogens (tertiary/aromatic N) is 1. The lowest BCUT2D eigenvalue weighted by Crippen LogP contribution is -2.30. The molecule has 5 heteroatoms. The van der Waals surface area contributed by atoms with Crippen molar-refractivity contribution in [3.8, 4) is 10.6 Å². The molecule has 0 spiro atoms. The van der Waals surface area contributed by atoms with Gasteiger partial charge in [-0.05, 0) is 30.5 Å². The fourth-order valence-electron chi connectivity index (χ4n) is 2.25. The van der Waals surface area contributed by atoms with Gasteiger partial charge in [0.2, 0.25) is 0 Å². The molecule has 0 aliphatic heterocycles. The highest BCUT2D eigenvalue weighted by molar-refractivity contribution is 7.13. The first kappa shape index (κ1) is 14.7. The number of para-hydroxylation sites is 1. The SMILES string of the molecule is CC(O)CNC(=O)c1cc(-c2cccs2)nc2ccccc12. The predicted octanol–water partition coefficient (Wildman–Crippen LogP) is 3.07. The van der Waals surface area contributed by atoms with E-state index >= 15 is 0 Å². The predicted molar refractivity (Wildman–Crippen MR) is 89.1 cm³/mol. The number of amides is 1. The van der Waals surface area contributed by atoms with Gasteiger partial charge in [0.15, 0.2) is 0 Å².